The second-order valence-electron chi connectivity index (χ2n) is 6.47. The van der Waals surface area contributed by atoms with Crippen LogP contribution in [0.1, 0.15) is 12.0 Å². The van der Waals surface area contributed by atoms with E-state index in [9.17, 15) is 13.2 Å². The first-order valence-electron chi connectivity index (χ1n) is 8.73. The van der Waals surface area contributed by atoms with Crippen LogP contribution in [0.3, 0.4) is 0 Å². The number of amides is 1. The fourth-order valence-electron chi connectivity index (χ4n) is 3.29. The van der Waals surface area contributed by atoms with Gasteiger partial charge in [0.05, 0.1) is 30.8 Å². The van der Waals surface area contributed by atoms with Crippen LogP contribution >= 0.6 is 0 Å². The van der Waals surface area contributed by atoms with Crippen LogP contribution in [0.5, 0.6) is 11.5 Å². The van der Waals surface area contributed by atoms with Crippen molar-refractivity contribution in [1.82, 2.24) is 4.90 Å². The number of carbonyl (C=O) groups excluding carboxylic acids is 1. The van der Waals surface area contributed by atoms with E-state index >= 15 is 0 Å². The maximum atomic E-state index is 12.7. The molecule has 1 aliphatic heterocycles. The summed E-state index contributed by atoms with van der Waals surface area (Å²) in [5, 5.41) is -0.561. The lowest BCUT2D eigenvalue weighted by molar-refractivity contribution is -0.129. The van der Waals surface area contributed by atoms with Crippen molar-refractivity contribution in [3.05, 3.63) is 54.1 Å². The van der Waals surface area contributed by atoms with Crippen molar-refractivity contribution < 1.29 is 22.7 Å². The lowest BCUT2D eigenvalue weighted by atomic mass is 10.1. The van der Waals surface area contributed by atoms with E-state index < -0.39 is 15.1 Å². The number of carbonyl (C=O) groups is 1. The molecule has 1 amide bonds. The number of methoxy groups -OCH3 is 2. The van der Waals surface area contributed by atoms with Crippen molar-refractivity contribution in [3.8, 4) is 11.5 Å². The smallest absolute Gasteiger partial charge is 0.227 e. The van der Waals surface area contributed by atoms with Gasteiger partial charge < -0.3 is 14.4 Å². The normalized spacial score (nSPS) is 17.0. The van der Waals surface area contributed by atoms with Crippen molar-refractivity contribution in [3.63, 3.8) is 0 Å². The Kier molecular flexibility index (Phi) is 5.70. The van der Waals surface area contributed by atoms with Gasteiger partial charge >= 0.3 is 0 Å². The number of sulfone groups is 1. The lowest BCUT2D eigenvalue weighted by Gasteiger charge is -2.17. The van der Waals surface area contributed by atoms with Gasteiger partial charge in [0.1, 0.15) is 0 Å². The van der Waals surface area contributed by atoms with Gasteiger partial charge in [-0.2, -0.15) is 0 Å². The second-order valence-corrected chi connectivity index (χ2v) is 8.70. The molecular weight excluding hydrogens is 366 g/mol. The van der Waals surface area contributed by atoms with E-state index in [0.29, 0.717) is 29.4 Å². The second kappa shape index (κ2) is 8.00. The van der Waals surface area contributed by atoms with Crippen LogP contribution in [0.2, 0.25) is 0 Å². The van der Waals surface area contributed by atoms with E-state index in [2.05, 4.69) is 0 Å². The van der Waals surface area contributed by atoms with Crippen molar-refractivity contribution in [1.29, 1.82) is 0 Å². The Balaban J connectivity index is 1.68. The predicted octanol–water partition coefficient (Wildman–Crippen LogP) is 2.32. The summed E-state index contributed by atoms with van der Waals surface area (Å²) in [6.07, 6.45) is 0.646. The molecule has 0 radical (unpaired) electrons. The van der Waals surface area contributed by atoms with Crippen LogP contribution in [0.25, 0.3) is 0 Å². The molecule has 144 valence electrons. The molecule has 2 aromatic carbocycles. The number of benzene rings is 2. The summed E-state index contributed by atoms with van der Waals surface area (Å²) in [6.45, 7) is 0.673. The van der Waals surface area contributed by atoms with Crippen molar-refractivity contribution in [2.24, 2.45) is 0 Å². The molecule has 3 rings (SSSR count). The summed E-state index contributed by atoms with van der Waals surface area (Å²) in [7, 11) is -0.328. The number of hydrogen-bond acceptors (Lipinski definition) is 5. The first kappa shape index (κ1) is 19.2. The molecule has 27 heavy (non-hydrogen) atoms. The van der Waals surface area contributed by atoms with Gasteiger partial charge in [-0.3, -0.25) is 4.79 Å². The molecule has 2 aromatic rings. The molecule has 1 heterocycles. The zero-order valence-corrected chi connectivity index (χ0v) is 16.2. The summed E-state index contributed by atoms with van der Waals surface area (Å²) in [4.78, 5) is 14.6. The van der Waals surface area contributed by atoms with Gasteiger partial charge in [0.2, 0.25) is 5.91 Å². The highest BCUT2D eigenvalue weighted by atomic mass is 32.2. The Labute approximate surface area is 159 Å². The molecule has 0 aliphatic carbocycles. The molecule has 0 saturated carbocycles. The number of nitrogens with zero attached hydrogens (tertiary/aromatic N) is 1. The fourth-order valence-corrected chi connectivity index (χ4v) is 5.00. The summed E-state index contributed by atoms with van der Waals surface area (Å²) in [5.41, 5.74) is 0.798. The van der Waals surface area contributed by atoms with Crippen LogP contribution in [-0.4, -0.2) is 51.8 Å². The third-order valence-electron chi connectivity index (χ3n) is 4.81. The lowest BCUT2D eigenvalue weighted by Crippen LogP contribution is -2.33. The minimum absolute atomic E-state index is 0.0898. The van der Waals surface area contributed by atoms with E-state index in [0.717, 1.165) is 5.56 Å². The number of hydrogen-bond donors (Lipinski definition) is 0. The van der Waals surface area contributed by atoms with Crippen LogP contribution in [0.15, 0.2) is 53.4 Å². The van der Waals surface area contributed by atoms with E-state index in [-0.39, 0.29) is 18.9 Å². The van der Waals surface area contributed by atoms with Gasteiger partial charge in [0, 0.05) is 13.1 Å². The standard InChI is InChI=1S/C20H23NO5S/c1-25-18-9-8-15(12-19(18)26-2)13-20(22)21-11-10-17(14-21)27(23,24)16-6-4-3-5-7-16/h3-9,12,17H,10-11,13-14H2,1-2H3. The highest BCUT2D eigenvalue weighted by Gasteiger charge is 2.35. The van der Waals surface area contributed by atoms with E-state index in [1.807, 2.05) is 6.07 Å². The average Bonchev–Trinajstić information content (AvgIpc) is 3.20. The number of rotatable bonds is 6. The summed E-state index contributed by atoms with van der Waals surface area (Å²) in [5.74, 6) is 1.07. The maximum Gasteiger partial charge on any atom is 0.227 e. The third kappa shape index (κ3) is 4.08. The zero-order valence-electron chi connectivity index (χ0n) is 15.4. The van der Waals surface area contributed by atoms with Gasteiger partial charge in [-0.05, 0) is 36.2 Å². The zero-order chi connectivity index (χ0) is 19.4. The quantitative estimate of drug-likeness (QED) is 0.758. The summed E-state index contributed by atoms with van der Waals surface area (Å²) < 4.78 is 36.0. The van der Waals surface area contributed by atoms with Crippen molar-refractivity contribution >= 4 is 15.7 Å². The van der Waals surface area contributed by atoms with E-state index in [1.54, 1.807) is 61.6 Å². The maximum absolute atomic E-state index is 12.7. The first-order chi connectivity index (χ1) is 13.0. The van der Waals surface area contributed by atoms with Crippen LogP contribution < -0.4 is 9.47 Å². The Morgan fingerprint density at radius 1 is 1.07 bits per heavy atom. The highest BCUT2D eigenvalue weighted by molar-refractivity contribution is 7.92. The Bertz CT molecular complexity index is 911. The van der Waals surface area contributed by atoms with Gasteiger partial charge in [0.25, 0.3) is 0 Å². The third-order valence-corrected chi connectivity index (χ3v) is 7.00. The van der Waals surface area contributed by atoms with Gasteiger partial charge in [-0.25, -0.2) is 8.42 Å². The molecule has 1 atom stereocenters. The van der Waals surface area contributed by atoms with E-state index in [1.165, 1.54) is 0 Å². The Morgan fingerprint density at radius 2 is 1.78 bits per heavy atom. The molecule has 0 N–H and O–H groups in total. The summed E-state index contributed by atoms with van der Waals surface area (Å²) >= 11 is 0. The molecule has 0 aromatic heterocycles. The fraction of sp³-hybridized carbons (Fsp3) is 0.350. The topological polar surface area (TPSA) is 72.9 Å². The van der Waals surface area contributed by atoms with Gasteiger partial charge in [-0.1, -0.05) is 24.3 Å². The SMILES string of the molecule is COc1ccc(CC(=O)N2CCC(S(=O)(=O)c3ccccc3)C2)cc1OC. The summed E-state index contributed by atoms with van der Waals surface area (Å²) in [6, 6.07) is 13.7. The van der Waals surface area contributed by atoms with Gasteiger partial charge in [-0.15, -0.1) is 0 Å². The van der Waals surface area contributed by atoms with Gasteiger partial charge in [0.15, 0.2) is 21.3 Å². The Hall–Kier alpha value is -2.54. The molecule has 7 heteroatoms. The molecule has 1 fully saturated rings. The van der Waals surface area contributed by atoms with E-state index in [4.69, 9.17) is 9.47 Å². The largest absolute Gasteiger partial charge is 0.493 e. The predicted molar refractivity (Wildman–Crippen MR) is 102 cm³/mol. The minimum Gasteiger partial charge on any atom is -0.493 e. The molecule has 0 spiro atoms. The average molecular weight is 389 g/mol. The van der Waals surface area contributed by atoms with Crippen molar-refractivity contribution in [2.75, 3.05) is 27.3 Å². The monoisotopic (exact) mass is 389 g/mol. The minimum atomic E-state index is -3.43. The molecule has 1 aliphatic rings. The van der Waals surface area contributed by atoms with Crippen molar-refractivity contribution in [2.45, 2.75) is 23.0 Å². The Morgan fingerprint density at radius 3 is 2.44 bits per heavy atom. The molecule has 1 saturated heterocycles. The van der Waals surface area contributed by atoms with Crippen LogP contribution in [-0.2, 0) is 21.1 Å². The molecule has 6 nitrogen and oxygen atoms in total. The number of ether oxygens (including phenoxy) is 2. The molecular formula is C20H23NO5S. The highest BCUT2D eigenvalue weighted by Crippen LogP contribution is 2.28. The molecule has 1 unspecified atom stereocenters. The van der Waals surface area contributed by atoms with Crippen LogP contribution in [0, 0.1) is 0 Å². The molecule has 0 bridgehead atoms. The number of likely N-dealkylation sites (tertiary alicyclic amines) is 1. The first-order valence-corrected chi connectivity index (χ1v) is 10.3. The van der Waals surface area contributed by atoms with Crippen LogP contribution in [0.4, 0.5) is 0 Å².